The number of aromatic nitrogens is 2. The minimum Gasteiger partial charge on any atom is -0.325 e. The quantitative estimate of drug-likeness (QED) is 0.369. The molecule has 0 radical (unpaired) electrons. The van der Waals surface area contributed by atoms with Gasteiger partial charge in [-0.15, -0.1) is 0 Å². The Labute approximate surface area is 193 Å². The van der Waals surface area contributed by atoms with Crippen LogP contribution in [-0.4, -0.2) is 27.5 Å². The first kappa shape index (κ1) is 24.2. The Balaban J connectivity index is 1.62. The minimum absolute atomic E-state index is 0.0179. The van der Waals surface area contributed by atoms with Crippen LogP contribution in [0.4, 0.5) is 24.5 Å². The lowest BCUT2D eigenvalue weighted by Gasteiger charge is -2.11. The van der Waals surface area contributed by atoms with Crippen molar-refractivity contribution in [1.82, 2.24) is 9.97 Å². The number of benzene rings is 2. The Morgan fingerprint density at radius 1 is 0.909 bits per heavy atom. The molecule has 0 fully saturated rings. The Bertz CT molecular complexity index is 1180. The Kier molecular flexibility index (Phi) is 7.37. The van der Waals surface area contributed by atoms with Crippen molar-refractivity contribution in [2.45, 2.75) is 32.1 Å². The van der Waals surface area contributed by atoms with E-state index in [1.807, 2.05) is 20.8 Å². The first-order valence-electron chi connectivity index (χ1n) is 9.86. The Morgan fingerprint density at radius 3 is 2.15 bits per heavy atom. The molecule has 3 aromatic rings. The lowest BCUT2D eigenvalue weighted by atomic mass is 10.1. The van der Waals surface area contributed by atoms with Crippen molar-refractivity contribution in [3.8, 4) is 0 Å². The molecule has 10 heteroatoms. The number of aryl methyl sites for hydroxylation is 2. The zero-order valence-corrected chi connectivity index (χ0v) is 18.9. The molecule has 0 atom stereocenters. The molecule has 0 saturated heterocycles. The number of hydrogen-bond acceptors (Lipinski definition) is 5. The lowest BCUT2D eigenvalue weighted by Crippen LogP contribution is -2.16. The molecule has 0 aliphatic heterocycles. The zero-order chi connectivity index (χ0) is 24.2. The number of anilines is 2. The van der Waals surface area contributed by atoms with E-state index in [2.05, 4.69) is 20.6 Å². The van der Waals surface area contributed by atoms with E-state index < -0.39 is 17.6 Å². The van der Waals surface area contributed by atoms with Gasteiger partial charge in [-0.1, -0.05) is 23.9 Å². The van der Waals surface area contributed by atoms with Crippen LogP contribution in [0.15, 0.2) is 53.7 Å². The first-order chi connectivity index (χ1) is 15.5. The van der Waals surface area contributed by atoms with Gasteiger partial charge in [0.15, 0.2) is 5.16 Å². The molecule has 2 aromatic carbocycles. The van der Waals surface area contributed by atoms with Crippen LogP contribution >= 0.6 is 11.8 Å². The molecule has 2 amide bonds. The van der Waals surface area contributed by atoms with Crippen LogP contribution in [0, 0.1) is 20.8 Å². The zero-order valence-electron chi connectivity index (χ0n) is 18.1. The van der Waals surface area contributed by atoms with E-state index in [0.717, 1.165) is 29.1 Å². The summed E-state index contributed by atoms with van der Waals surface area (Å²) < 4.78 is 38.6. The van der Waals surface area contributed by atoms with Gasteiger partial charge in [-0.3, -0.25) is 9.59 Å². The molecule has 172 valence electrons. The summed E-state index contributed by atoms with van der Waals surface area (Å²) in [5.74, 6) is -0.837. The van der Waals surface area contributed by atoms with Crippen LogP contribution in [0.3, 0.4) is 0 Å². The molecule has 0 spiro atoms. The van der Waals surface area contributed by atoms with Gasteiger partial charge >= 0.3 is 6.18 Å². The number of carbonyl (C=O) groups is 2. The van der Waals surface area contributed by atoms with Crippen molar-refractivity contribution in [1.29, 1.82) is 0 Å². The molecule has 0 aliphatic carbocycles. The third kappa shape index (κ3) is 6.55. The maximum atomic E-state index is 12.9. The summed E-state index contributed by atoms with van der Waals surface area (Å²) in [7, 11) is 0. The number of nitrogens with zero attached hydrogens (tertiary/aromatic N) is 2. The second-order valence-electron chi connectivity index (χ2n) is 7.25. The van der Waals surface area contributed by atoms with E-state index in [4.69, 9.17) is 0 Å². The van der Waals surface area contributed by atoms with Crippen molar-refractivity contribution in [2.75, 3.05) is 16.4 Å². The third-order valence-corrected chi connectivity index (χ3v) is 5.65. The van der Waals surface area contributed by atoms with Crippen molar-refractivity contribution >= 4 is 35.0 Å². The standard InChI is InChI=1S/C23H21F3N4O2S/c1-13-14(2)27-22(28-15(13)3)33-12-20(31)29-18-8-4-6-16(10-18)21(32)30-19-9-5-7-17(11-19)23(24,25)26/h4-11H,12H2,1-3H3,(H,29,31)(H,30,32). The van der Waals surface area contributed by atoms with Gasteiger partial charge in [0.2, 0.25) is 5.91 Å². The summed E-state index contributed by atoms with van der Waals surface area (Å²) in [5, 5.41) is 5.64. The van der Waals surface area contributed by atoms with Gasteiger partial charge < -0.3 is 10.6 Å². The summed E-state index contributed by atoms with van der Waals surface area (Å²) in [4.78, 5) is 33.5. The maximum absolute atomic E-state index is 12.9. The first-order valence-corrected chi connectivity index (χ1v) is 10.8. The fourth-order valence-electron chi connectivity index (χ4n) is 2.85. The molecule has 0 unspecified atom stereocenters. The monoisotopic (exact) mass is 474 g/mol. The van der Waals surface area contributed by atoms with Gasteiger partial charge in [-0.25, -0.2) is 9.97 Å². The largest absolute Gasteiger partial charge is 0.416 e. The van der Waals surface area contributed by atoms with Gasteiger partial charge in [0.1, 0.15) is 0 Å². The lowest BCUT2D eigenvalue weighted by molar-refractivity contribution is -0.137. The van der Waals surface area contributed by atoms with E-state index in [1.54, 1.807) is 12.1 Å². The molecule has 33 heavy (non-hydrogen) atoms. The second-order valence-corrected chi connectivity index (χ2v) is 8.19. The van der Waals surface area contributed by atoms with E-state index in [0.29, 0.717) is 10.8 Å². The normalized spacial score (nSPS) is 11.2. The molecule has 3 rings (SSSR count). The Hall–Kier alpha value is -3.40. The Morgan fingerprint density at radius 2 is 1.52 bits per heavy atom. The van der Waals surface area contributed by atoms with E-state index in [1.165, 1.54) is 36.0 Å². The fraction of sp³-hybridized carbons (Fsp3) is 0.217. The van der Waals surface area contributed by atoms with Crippen LogP contribution in [0.5, 0.6) is 0 Å². The topological polar surface area (TPSA) is 84.0 Å². The molecule has 0 aliphatic rings. The summed E-state index contributed by atoms with van der Waals surface area (Å²) in [6.45, 7) is 5.69. The molecule has 0 saturated carbocycles. The number of carbonyl (C=O) groups excluding carboxylic acids is 2. The highest BCUT2D eigenvalue weighted by Gasteiger charge is 2.30. The van der Waals surface area contributed by atoms with Crippen LogP contribution in [0.25, 0.3) is 0 Å². The van der Waals surface area contributed by atoms with Gasteiger partial charge in [0.25, 0.3) is 5.91 Å². The molecule has 6 nitrogen and oxygen atoms in total. The SMILES string of the molecule is Cc1nc(SCC(=O)Nc2cccc(C(=O)Nc3cccc(C(F)(F)F)c3)c2)nc(C)c1C. The third-order valence-electron chi connectivity index (χ3n) is 4.80. The van der Waals surface area contributed by atoms with Crippen LogP contribution in [0.1, 0.15) is 32.9 Å². The van der Waals surface area contributed by atoms with E-state index >= 15 is 0 Å². The van der Waals surface area contributed by atoms with Crippen molar-refractivity contribution in [2.24, 2.45) is 0 Å². The van der Waals surface area contributed by atoms with Gasteiger partial charge in [-0.2, -0.15) is 13.2 Å². The van der Waals surface area contributed by atoms with Crippen molar-refractivity contribution in [3.63, 3.8) is 0 Å². The minimum atomic E-state index is -4.51. The highest BCUT2D eigenvalue weighted by Crippen LogP contribution is 2.30. The molecule has 1 heterocycles. The predicted molar refractivity (Wildman–Crippen MR) is 121 cm³/mol. The average molecular weight is 475 g/mol. The molecular weight excluding hydrogens is 453 g/mol. The van der Waals surface area contributed by atoms with Gasteiger partial charge in [-0.05, 0) is 62.7 Å². The second kappa shape index (κ2) is 10.0. The number of rotatable bonds is 6. The predicted octanol–water partition coefficient (Wildman–Crippen LogP) is 5.40. The summed E-state index contributed by atoms with van der Waals surface area (Å²) >= 11 is 1.19. The number of amides is 2. The number of halogens is 3. The summed E-state index contributed by atoms with van der Waals surface area (Å²) in [6.07, 6.45) is -4.51. The van der Waals surface area contributed by atoms with Crippen LogP contribution in [-0.2, 0) is 11.0 Å². The van der Waals surface area contributed by atoms with Crippen molar-refractivity contribution in [3.05, 3.63) is 76.6 Å². The number of hydrogen-bond donors (Lipinski definition) is 2. The van der Waals surface area contributed by atoms with E-state index in [9.17, 15) is 22.8 Å². The number of thioether (sulfide) groups is 1. The maximum Gasteiger partial charge on any atom is 0.416 e. The average Bonchev–Trinajstić information content (AvgIpc) is 2.75. The van der Waals surface area contributed by atoms with Crippen molar-refractivity contribution < 1.29 is 22.8 Å². The fourth-order valence-corrected chi connectivity index (χ4v) is 3.58. The molecular formula is C23H21F3N4O2S. The van der Waals surface area contributed by atoms with Gasteiger partial charge in [0, 0.05) is 28.3 Å². The highest BCUT2D eigenvalue weighted by atomic mass is 32.2. The molecule has 0 bridgehead atoms. The molecule has 2 N–H and O–H groups in total. The smallest absolute Gasteiger partial charge is 0.325 e. The molecule has 1 aromatic heterocycles. The van der Waals surface area contributed by atoms with Gasteiger partial charge in [0.05, 0.1) is 11.3 Å². The van der Waals surface area contributed by atoms with Crippen LogP contribution < -0.4 is 10.6 Å². The van der Waals surface area contributed by atoms with Crippen LogP contribution in [0.2, 0.25) is 0 Å². The number of nitrogens with one attached hydrogen (secondary N) is 2. The highest BCUT2D eigenvalue weighted by molar-refractivity contribution is 7.99. The van der Waals surface area contributed by atoms with E-state index in [-0.39, 0.29) is 22.9 Å². The summed E-state index contributed by atoms with van der Waals surface area (Å²) in [6, 6.07) is 10.5. The summed E-state index contributed by atoms with van der Waals surface area (Å²) in [5.41, 5.74) is 2.44. The number of alkyl halides is 3.